The van der Waals surface area contributed by atoms with Crippen molar-refractivity contribution in [1.29, 1.82) is 0 Å². The Labute approximate surface area is 100 Å². The molecule has 0 saturated carbocycles. The van der Waals surface area contributed by atoms with Gasteiger partial charge in [0.1, 0.15) is 0 Å². The van der Waals surface area contributed by atoms with Crippen LogP contribution in [0.2, 0.25) is 0 Å². The smallest absolute Gasteiger partial charge is 0.0543 e. The van der Waals surface area contributed by atoms with Gasteiger partial charge in [-0.15, -0.1) is 0 Å². The van der Waals surface area contributed by atoms with Crippen molar-refractivity contribution >= 4 is 15.9 Å². The molecular formula is C12H17BrN2. The van der Waals surface area contributed by atoms with Gasteiger partial charge in [0.05, 0.1) is 5.45 Å². The minimum absolute atomic E-state index is 1.01. The minimum Gasteiger partial charge on any atom is -0.297 e. The van der Waals surface area contributed by atoms with Crippen LogP contribution in [0.25, 0.3) is 0 Å². The molecular weight excluding hydrogens is 252 g/mol. The average molecular weight is 269 g/mol. The summed E-state index contributed by atoms with van der Waals surface area (Å²) in [6.07, 6.45) is 0. The predicted octanol–water partition coefficient (Wildman–Crippen LogP) is 2.16. The molecule has 3 heteroatoms. The van der Waals surface area contributed by atoms with E-state index >= 15 is 0 Å². The molecule has 1 saturated heterocycles. The van der Waals surface area contributed by atoms with Crippen LogP contribution in [0.1, 0.15) is 5.56 Å². The lowest BCUT2D eigenvalue weighted by Gasteiger charge is -2.33. The van der Waals surface area contributed by atoms with Gasteiger partial charge in [-0.25, -0.2) is 0 Å². The summed E-state index contributed by atoms with van der Waals surface area (Å²) in [6, 6.07) is 10.7. The highest BCUT2D eigenvalue weighted by Gasteiger charge is 2.15. The lowest BCUT2D eigenvalue weighted by molar-refractivity contribution is 0.144. The van der Waals surface area contributed by atoms with E-state index in [0.29, 0.717) is 0 Å². The summed E-state index contributed by atoms with van der Waals surface area (Å²) >= 11 is 3.51. The minimum atomic E-state index is 1.01. The quantitative estimate of drug-likeness (QED) is 0.613. The van der Waals surface area contributed by atoms with Gasteiger partial charge in [0.15, 0.2) is 0 Å². The number of hydrogen-bond acceptors (Lipinski definition) is 2. The predicted molar refractivity (Wildman–Crippen MR) is 67.1 cm³/mol. The van der Waals surface area contributed by atoms with Gasteiger partial charge in [-0.05, 0) is 5.56 Å². The van der Waals surface area contributed by atoms with Crippen LogP contribution in [0.5, 0.6) is 0 Å². The molecule has 2 rings (SSSR count). The van der Waals surface area contributed by atoms with Crippen LogP contribution in [0, 0.1) is 0 Å². The van der Waals surface area contributed by atoms with Crippen molar-refractivity contribution < 1.29 is 0 Å². The standard InChI is InChI=1S/C12H17BrN2/c13-11-15-8-6-14(7-9-15)10-12-4-2-1-3-5-12/h1-5H,6-11H2. The molecule has 0 amide bonds. The number of alkyl halides is 1. The van der Waals surface area contributed by atoms with Crippen LogP contribution in [0.4, 0.5) is 0 Å². The topological polar surface area (TPSA) is 6.48 Å². The first-order valence-corrected chi connectivity index (χ1v) is 6.55. The second kappa shape index (κ2) is 5.64. The van der Waals surface area contributed by atoms with Crippen molar-refractivity contribution in [2.45, 2.75) is 6.54 Å². The van der Waals surface area contributed by atoms with Crippen LogP contribution >= 0.6 is 15.9 Å². The Balaban J connectivity index is 1.82. The van der Waals surface area contributed by atoms with Crippen LogP contribution < -0.4 is 0 Å². The number of nitrogens with zero attached hydrogens (tertiary/aromatic N) is 2. The maximum atomic E-state index is 3.51. The van der Waals surface area contributed by atoms with Gasteiger partial charge in [-0.3, -0.25) is 9.80 Å². The highest BCUT2D eigenvalue weighted by Crippen LogP contribution is 2.08. The summed E-state index contributed by atoms with van der Waals surface area (Å²) in [5.74, 6) is 0. The third-order valence-corrected chi connectivity index (χ3v) is 3.59. The van der Waals surface area contributed by atoms with Crippen molar-refractivity contribution in [1.82, 2.24) is 9.80 Å². The Hall–Kier alpha value is -0.380. The summed E-state index contributed by atoms with van der Waals surface area (Å²) in [4.78, 5) is 4.95. The third kappa shape index (κ3) is 3.30. The first-order chi connectivity index (χ1) is 7.38. The monoisotopic (exact) mass is 268 g/mol. The zero-order valence-corrected chi connectivity index (χ0v) is 10.5. The van der Waals surface area contributed by atoms with Crippen LogP contribution in [0.3, 0.4) is 0 Å². The Morgan fingerprint density at radius 3 is 2.13 bits per heavy atom. The SMILES string of the molecule is BrCN1CCN(Cc2ccccc2)CC1. The highest BCUT2D eigenvalue weighted by molar-refractivity contribution is 9.09. The van der Waals surface area contributed by atoms with Crippen LogP contribution in [0.15, 0.2) is 30.3 Å². The zero-order chi connectivity index (χ0) is 10.5. The van der Waals surface area contributed by atoms with E-state index in [1.54, 1.807) is 0 Å². The molecule has 1 fully saturated rings. The number of rotatable bonds is 3. The molecule has 1 aromatic rings. The van der Waals surface area contributed by atoms with Gasteiger partial charge in [0, 0.05) is 32.7 Å². The largest absolute Gasteiger partial charge is 0.297 e. The molecule has 82 valence electrons. The third-order valence-electron chi connectivity index (χ3n) is 2.88. The van der Waals surface area contributed by atoms with Gasteiger partial charge in [-0.1, -0.05) is 46.3 Å². The Kier molecular flexibility index (Phi) is 4.18. The fourth-order valence-electron chi connectivity index (χ4n) is 1.91. The molecule has 1 heterocycles. The second-order valence-corrected chi connectivity index (χ2v) is 4.50. The molecule has 0 spiro atoms. The van der Waals surface area contributed by atoms with Gasteiger partial charge >= 0.3 is 0 Å². The summed E-state index contributed by atoms with van der Waals surface area (Å²) in [5, 5.41) is 0. The lowest BCUT2D eigenvalue weighted by Crippen LogP contribution is -2.45. The molecule has 1 aromatic carbocycles. The zero-order valence-electron chi connectivity index (χ0n) is 8.90. The first-order valence-electron chi connectivity index (χ1n) is 5.43. The van der Waals surface area contributed by atoms with E-state index in [1.807, 2.05) is 0 Å². The molecule has 0 N–H and O–H groups in total. The number of hydrogen-bond donors (Lipinski definition) is 0. The fraction of sp³-hybridized carbons (Fsp3) is 0.500. The molecule has 0 atom stereocenters. The van der Waals surface area contributed by atoms with E-state index in [2.05, 4.69) is 56.1 Å². The van der Waals surface area contributed by atoms with Crippen LogP contribution in [-0.2, 0) is 6.54 Å². The number of piperazine rings is 1. The molecule has 2 nitrogen and oxygen atoms in total. The van der Waals surface area contributed by atoms with Crippen molar-refractivity contribution in [3.05, 3.63) is 35.9 Å². The van der Waals surface area contributed by atoms with Crippen molar-refractivity contribution in [3.63, 3.8) is 0 Å². The van der Waals surface area contributed by atoms with E-state index in [1.165, 1.54) is 31.7 Å². The van der Waals surface area contributed by atoms with Crippen molar-refractivity contribution in [2.24, 2.45) is 0 Å². The number of benzene rings is 1. The maximum Gasteiger partial charge on any atom is 0.0543 e. The fourth-order valence-corrected chi connectivity index (χ4v) is 2.41. The summed E-state index contributed by atoms with van der Waals surface area (Å²) in [6.45, 7) is 5.81. The molecule has 0 bridgehead atoms. The van der Waals surface area contributed by atoms with E-state index in [4.69, 9.17) is 0 Å². The normalized spacial score (nSPS) is 19.3. The number of halogens is 1. The lowest BCUT2D eigenvalue weighted by atomic mass is 10.2. The molecule has 0 aromatic heterocycles. The van der Waals surface area contributed by atoms with Gasteiger partial charge < -0.3 is 0 Å². The van der Waals surface area contributed by atoms with E-state index in [0.717, 1.165) is 12.0 Å². The Morgan fingerprint density at radius 2 is 1.53 bits per heavy atom. The summed E-state index contributed by atoms with van der Waals surface area (Å²) in [7, 11) is 0. The van der Waals surface area contributed by atoms with Crippen molar-refractivity contribution in [3.8, 4) is 0 Å². The molecule has 1 aliphatic rings. The highest BCUT2D eigenvalue weighted by atomic mass is 79.9. The van der Waals surface area contributed by atoms with E-state index in [-0.39, 0.29) is 0 Å². The molecule has 0 unspecified atom stereocenters. The first kappa shape index (κ1) is 11.1. The Bertz CT molecular complexity index is 281. The molecule has 15 heavy (non-hydrogen) atoms. The van der Waals surface area contributed by atoms with Crippen LogP contribution in [-0.4, -0.2) is 41.4 Å². The van der Waals surface area contributed by atoms with Crippen molar-refractivity contribution in [2.75, 3.05) is 31.6 Å². The average Bonchev–Trinajstić information content (AvgIpc) is 2.31. The Morgan fingerprint density at radius 1 is 0.933 bits per heavy atom. The van der Waals surface area contributed by atoms with Gasteiger partial charge in [-0.2, -0.15) is 0 Å². The molecule has 0 radical (unpaired) electrons. The molecule has 1 aliphatic heterocycles. The second-order valence-electron chi connectivity index (χ2n) is 4.00. The summed E-state index contributed by atoms with van der Waals surface area (Å²) < 4.78 is 0. The molecule has 0 aliphatic carbocycles. The van der Waals surface area contributed by atoms with Gasteiger partial charge in [0.25, 0.3) is 0 Å². The van der Waals surface area contributed by atoms with E-state index < -0.39 is 0 Å². The maximum absolute atomic E-state index is 3.51. The summed E-state index contributed by atoms with van der Waals surface area (Å²) in [5.41, 5.74) is 2.43. The van der Waals surface area contributed by atoms with Gasteiger partial charge in [0.2, 0.25) is 0 Å². The van der Waals surface area contributed by atoms with E-state index in [9.17, 15) is 0 Å².